The van der Waals surface area contributed by atoms with E-state index >= 15 is 0 Å². The Morgan fingerprint density at radius 2 is 2.35 bits per heavy atom. The minimum atomic E-state index is -0.325. The third-order valence-corrected chi connectivity index (χ3v) is 2.92. The summed E-state index contributed by atoms with van der Waals surface area (Å²) < 4.78 is 1.62. The van der Waals surface area contributed by atoms with Crippen LogP contribution in [0.4, 0.5) is 0 Å². The standard InChI is InChI=1S/C11H20N4O2/c1-3-11(2,5-7-16)14-10(17)4-6-15-9-12-8-13-15/h8-9,16H,3-7H2,1-2H3,(H,14,17). The normalized spacial score (nSPS) is 14.3. The lowest BCUT2D eigenvalue weighted by Crippen LogP contribution is -2.46. The van der Waals surface area contributed by atoms with Gasteiger partial charge in [-0.05, 0) is 19.8 Å². The number of carbonyl (C=O) groups is 1. The highest BCUT2D eigenvalue weighted by molar-refractivity contribution is 5.76. The SMILES string of the molecule is CCC(C)(CCO)NC(=O)CCn1cncn1. The van der Waals surface area contributed by atoms with E-state index in [4.69, 9.17) is 5.11 Å². The summed E-state index contributed by atoms with van der Waals surface area (Å²) in [4.78, 5) is 15.5. The smallest absolute Gasteiger partial charge is 0.222 e. The first-order valence-electron chi connectivity index (χ1n) is 5.84. The van der Waals surface area contributed by atoms with Crippen molar-refractivity contribution in [2.45, 2.75) is 45.2 Å². The monoisotopic (exact) mass is 240 g/mol. The van der Waals surface area contributed by atoms with Crippen molar-refractivity contribution in [1.29, 1.82) is 0 Å². The van der Waals surface area contributed by atoms with Crippen LogP contribution in [0.25, 0.3) is 0 Å². The van der Waals surface area contributed by atoms with Gasteiger partial charge >= 0.3 is 0 Å². The lowest BCUT2D eigenvalue weighted by atomic mass is 9.95. The number of amides is 1. The number of nitrogens with zero attached hydrogens (tertiary/aromatic N) is 3. The lowest BCUT2D eigenvalue weighted by molar-refractivity contribution is -0.123. The summed E-state index contributed by atoms with van der Waals surface area (Å²) in [6.07, 6.45) is 4.76. The van der Waals surface area contributed by atoms with Gasteiger partial charge < -0.3 is 10.4 Å². The summed E-state index contributed by atoms with van der Waals surface area (Å²) in [7, 11) is 0. The van der Waals surface area contributed by atoms with Crippen LogP contribution in [0.1, 0.15) is 33.1 Å². The van der Waals surface area contributed by atoms with Gasteiger partial charge in [0, 0.05) is 18.6 Å². The molecular weight excluding hydrogens is 220 g/mol. The molecule has 1 aromatic rings. The van der Waals surface area contributed by atoms with Gasteiger partial charge in [0.15, 0.2) is 0 Å². The minimum absolute atomic E-state index is 0.0294. The third-order valence-electron chi connectivity index (χ3n) is 2.92. The van der Waals surface area contributed by atoms with Gasteiger partial charge in [-0.1, -0.05) is 6.92 Å². The molecular formula is C11H20N4O2. The number of aliphatic hydroxyl groups is 1. The molecule has 6 heteroatoms. The first kappa shape index (κ1) is 13.6. The van der Waals surface area contributed by atoms with Crippen molar-refractivity contribution in [1.82, 2.24) is 20.1 Å². The Hall–Kier alpha value is -1.43. The van der Waals surface area contributed by atoms with Crippen molar-refractivity contribution in [3.05, 3.63) is 12.7 Å². The summed E-state index contributed by atoms with van der Waals surface area (Å²) in [5.74, 6) is -0.0294. The average Bonchev–Trinajstić information content (AvgIpc) is 2.79. The Morgan fingerprint density at radius 1 is 1.59 bits per heavy atom. The van der Waals surface area contributed by atoms with Gasteiger partial charge in [-0.25, -0.2) is 4.98 Å². The number of nitrogens with one attached hydrogen (secondary N) is 1. The molecule has 6 nitrogen and oxygen atoms in total. The van der Waals surface area contributed by atoms with Crippen LogP contribution >= 0.6 is 0 Å². The number of aliphatic hydroxyl groups excluding tert-OH is 1. The molecule has 0 aliphatic carbocycles. The maximum Gasteiger partial charge on any atom is 0.222 e. The highest BCUT2D eigenvalue weighted by Crippen LogP contribution is 2.13. The lowest BCUT2D eigenvalue weighted by Gasteiger charge is -2.29. The average molecular weight is 240 g/mol. The van der Waals surface area contributed by atoms with Crippen LogP contribution in [0.15, 0.2) is 12.7 Å². The molecule has 0 fully saturated rings. The molecule has 1 amide bonds. The summed E-state index contributed by atoms with van der Waals surface area (Å²) in [6.45, 7) is 4.53. The Balaban J connectivity index is 2.37. The van der Waals surface area contributed by atoms with Gasteiger partial charge in [-0.15, -0.1) is 0 Å². The molecule has 0 bridgehead atoms. The topological polar surface area (TPSA) is 80.0 Å². The summed E-state index contributed by atoms with van der Waals surface area (Å²) >= 11 is 0. The summed E-state index contributed by atoms with van der Waals surface area (Å²) in [5, 5.41) is 15.8. The summed E-state index contributed by atoms with van der Waals surface area (Å²) in [5.41, 5.74) is -0.325. The largest absolute Gasteiger partial charge is 0.396 e. The number of carbonyl (C=O) groups excluding carboxylic acids is 1. The zero-order valence-corrected chi connectivity index (χ0v) is 10.4. The second kappa shape index (κ2) is 6.34. The molecule has 0 aromatic carbocycles. The van der Waals surface area contributed by atoms with Gasteiger partial charge in [0.25, 0.3) is 0 Å². The number of aromatic nitrogens is 3. The van der Waals surface area contributed by atoms with E-state index in [1.54, 1.807) is 11.0 Å². The highest BCUT2D eigenvalue weighted by Gasteiger charge is 2.23. The Labute approximate surface area is 101 Å². The first-order chi connectivity index (χ1) is 8.09. The summed E-state index contributed by atoms with van der Waals surface area (Å²) in [6, 6.07) is 0. The maximum atomic E-state index is 11.7. The molecule has 1 heterocycles. The van der Waals surface area contributed by atoms with Crippen LogP contribution in [0.5, 0.6) is 0 Å². The van der Waals surface area contributed by atoms with Crippen molar-refractivity contribution in [3.8, 4) is 0 Å². The van der Waals surface area contributed by atoms with Crippen molar-refractivity contribution in [2.75, 3.05) is 6.61 Å². The van der Waals surface area contributed by atoms with Crippen LogP contribution < -0.4 is 5.32 Å². The van der Waals surface area contributed by atoms with Crippen molar-refractivity contribution in [2.24, 2.45) is 0 Å². The van der Waals surface area contributed by atoms with Crippen LogP contribution in [0.2, 0.25) is 0 Å². The molecule has 96 valence electrons. The Kier molecular flexibility index (Phi) is 5.09. The molecule has 0 radical (unpaired) electrons. The van der Waals surface area contributed by atoms with E-state index in [9.17, 15) is 4.79 Å². The predicted molar refractivity (Wildman–Crippen MR) is 63.2 cm³/mol. The molecule has 0 aliphatic heterocycles. The molecule has 17 heavy (non-hydrogen) atoms. The zero-order valence-electron chi connectivity index (χ0n) is 10.4. The molecule has 0 saturated carbocycles. The van der Waals surface area contributed by atoms with E-state index in [0.29, 0.717) is 19.4 Å². The van der Waals surface area contributed by atoms with Crippen LogP contribution in [-0.2, 0) is 11.3 Å². The van der Waals surface area contributed by atoms with Gasteiger partial charge in [0.2, 0.25) is 5.91 Å². The molecule has 0 spiro atoms. The Bertz CT molecular complexity index is 339. The molecule has 1 unspecified atom stereocenters. The number of aryl methyl sites for hydroxylation is 1. The molecule has 1 atom stereocenters. The molecule has 0 aliphatic rings. The minimum Gasteiger partial charge on any atom is -0.396 e. The van der Waals surface area contributed by atoms with Crippen molar-refractivity contribution >= 4 is 5.91 Å². The van der Waals surface area contributed by atoms with E-state index in [1.165, 1.54) is 6.33 Å². The molecule has 2 N–H and O–H groups in total. The van der Waals surface area contributed by atoms with Crippen LogP contribution in [0.3, 0.4) is 0 Å². The molecule has 0 saturated heterocycles. The number of hydrogen-bond donors (Lipinski definition) is 2. The van der Waals surface area contributed by atoms with Crippen LogP contribution in [0, 0.1) is 0 Å². The van der Waals surface area contributed by atoms with Gasteiger partial charge in [0.05, 0.1) is 6.54 Å². The van der Waals surface area contributed by atoms with E-state index in [0.717, 1.165) is 6.42 Å². The first-order valence-corrected chi connectivity index (χ1v) is 5.84. The predicted octanol–water partition coefficient (Wildman–Crippen LogP) is 0.335. The van der Waals surface area contributed by atoms with E-state index in [-0.39, 0.29) is 18.1 Å². The number of hydrogen-bond acceptors (Lipinski definition) is 4. The second-order valence-corrected chi connectivity index (χ2v) is 4.34. The fourth-order valence-electron chi connectivity index (χ4n) is 1.54. The van der Waals surface area contributed by atoms with Gasteiger partial charge in [0.1, 0.15) is 12.7 Å². The van der Waals surface area contributed by atoms with E-state index in [2.05, 4.69) is 15.4 Å². The third kappa shape index (κ3) is 4.52. The zero-order chi connectivity index (χ0) is 12.7. The maximum absolute atomic E-state index is 11.7. The molecule has 1 aromatic heterocycles. The van der Waals surface area contributed by atoms with E-state index in [1.807, 2.05) is 13.8 Å². The van der Waals surface area contributed by atoms with Gasteiger partial charge in [-0.3, -0.25) is 9.48 Å². The molecule has 1 rings (SSSR count). The fourth-order valence-corrected chi connectivity index (χ4v) is 1.54. The van der Waals surface area contributed by atoms with Crippen molar-refractivity contribution in [3.63, 3.8) is 0 Å². The van der Waals surface area contributed by atoms with Crippen LogP contribution in [-0.4, -0.2) is 37.9 Å². The van der Waals surface area contributed by atoms with Crippen molar-refractivity contribution < 1.29 is 9.90 Å². The number of rotatable bonds is 7. The second-order valence-electron chi connectivity index (χ2n) is 4.34. The highest BCUT2D eigenvalue weighted by atomic mass is 16.3. The van der Waals surface area contributed by atoms with E-state index < -0.39 is 0 Å². The Morgan fingerprint density at radius 3 is 2.88 bits per heavy atom. The fraction of sp³-hybridized carbons (Fsp3) is 0.727. The quantitative estimate of drug-likeness (QED) is 0.720. The van der Waals surface area contributed by atoms with Gasteiger partial charge in [-0.2, -0.15) is 5.10 Å².